The first kappa shape index (κ1) is 13.2. The zero-order chi connectivity index (χ0) is 15.0. The predicted molar refractivity (Wildman–Crippen MR) is 76.9 cm³/mol. The van der Waals surface area contributed by atoms with Crippen molar-refractivity contribution in [1.82, 2.24) is 0 Å². The van der Waals surface area contributed by atoms with Gasteiger partial charge in [0, 0.05) is 16.3 Å². The molecular weight excluding hydrogens is 272 g/mol. The van der Waals surface area contributed by atoms with E-state index in [0.29, 0.717) is 34.3 Å². The van der Waals surface area contributed by atoms with E-state index in [1.807, 2.05) is 13.0 Å². The number of Topliss-reactive ketones (excluding diaryl/α,β-unsaturated/α-hetero) is 1. The zero-order valence-electron chi connectivity index (χ0n) is 11.3. The van der Waals surface area contributed by atoms with Crippen molar-refractivity contribution in [1.29, 1.82) is 0 Å². The maximum Gasteiger partial charge on any atom is 0.377 e. The largest absolute Gasteiger partial charge is 0.490 e. The van der Waals surface area contributed by atoms with E-state index < -0.39 is 11.8 Å². The van der Waals surface area contributed by atoms with Gasteiger partial charge >= 0.3 is 5.97 Å². The van der Waals surface area contributed by atoms with Crippen molar-refractivity contribution in [3.63, 3.8) is 0 Å². The van der Waals surface area contributed by atoms with Crippen molar-refractivity contribution in [3.8, 4) is 5.75 Å². The number of aliphatic carboxylic acids is 1. The summed E-state index contributed by atoms with van der Waals surface area (Å²) in [4.78, 5) is 22.9. The second kappa shape index (κ2) is 4.94. The van der Waals surface area contributed by atoms with Gasteiger partial charge in [0.15, 0.2) is 11.3 Å². The summed E-state index contributed by atoms with van der Waals surface area (Å²) in [6.07, 6.45) is 0. The number of carboxylic acid groups (broad SMARTS) is 1. The minimum atomic E-state index is -1.49. The smallest absolute Gasteiger partial charge is 0.377 e. The molecule has 1 heterocycles. The number of furan rings is 1. The molecule has 21 heavy (non-hydrogen) atoms. The molecule has 3 rings (SSSR count). The molecule has 0 radical (unpaired) electrons. The Kier molecular flexibility index (Phi) is 3.10. The summed E-state index contributed by atoms with van der Waals surface area (Å²) in [5.41, 5.74) is 1.08. The SMILES string of the molecule is CCOc1ccc(C(=O)C(=O)O)c2c1oc1ccccc12. The molecule has 0 aliphatic heterocycles. The summed E-state index contributed by atoms with van der Waals surface area (Å²) < 4.78 is 11.2. The molecule has 2 aromatic carbocycles. The van der Waals surface area contributed by atoms with E-state index in [1.165, 1.54) is 6.07 Å². The summed E-state index contributed by atoms with van der Waals surface area (Å²) in [6.45, 7) is 2.28. The summed E-state index contributed by atoms with van der Waals surface area (Å²) in [7, 11) is 0. The van der Waals surface area contributed by atoms with Crippen LogP contribution in [0.15, 0.2) is 40.8 Å². The van der Waals surface area contributed by atoms with E-state index in [2.05, 4.69) is 0 Å². The number of hydrogen-bond donors (Lipinski definition) is 1. The Labute approximate surface area is 119 Å². The lowest BCUT2D eigenvalue weighted by atomic mass is 10.0. The summed E-state index contributed by atoms with van der Waals surface area (Å²) in [5.74, 6) is -1.97. The van der Waals surface area contributed by atoms with Crippen LogP contribution >= 0.6 is 0 Å². The lowest BCUT2D eigenvalue weighted by molar-refractivity contribution is -0.131. The molecule has 106 valence electrons. The van der Waals surface area contributed by atoms with Crippen molar-refractivity contribution >= 4 is 33.7 Å². The van der Waals surface area contributed by atoms with Crippen LogP contribution in [0.4, 0.5) is 0 Å². The van der Waals surface area contributed by atoms with Crippen LogP contribution in [0.3, 0.4) is 0 Å². The molecule has 0 bridgehead atoms. The molecule has 1 aromatic heterocycles. The number of carboxylic acids is 1. The molecule has 0 unspecified atom stereocenters. The third kappa shape index (κ3) is 2.03. The number of ketones is 1. The monoisotopic (exact) mass is 284 g/mol. The number of hydrogen-bond acceptors (Lipinski definition) is 4. The minimum absolute atomic E-state index is 0.103. The van der Waals surface area contributed by atoms with Crippen LogP contribution in [0.1, 0.15) is 17.3 Å². The Morgan fingerprint density at radius 3 is 2.67 bits per heavy atom. The van der Waals surface area contributed by atoms with Crippen LogP contribution in [0.25, 0.3) is 21.9 Å². The number of rotatable bonds is 4. The number of fused-ring (bicyclic) bond motifs is 3. The number of carbonyl (C=O) groups excluding carboxylic acids is 1. The molecule has 1 N–H and O–H groups in total. The quantitative estimate of drug-likeness (QED) is 0.588. The number of ether oxygens (including phenoxy) is 1. The van der Waals surface area contributed by atoms with Crippen molar-refractivity contribution in [2.24, 2.45) is 0 Å². The molecular formula is C16H12O5. The van der Waals surface area contributed by atoms with Gasteiger partial charge < -0.3 is 14.3 Å². The van der Waals surface area contributed by atoms with Crippen molar-refractivity contribution in [2.75, 3.05) is 6.61 Å². The minimum Gasteiger partial charge on any atom is -0.490 e. The fraction of sp³-hybridized carbons (Fsp3) is 0.125. The Hall–Kier alpha value is -2.82. The van der Waals surface area contributed by atoms with Crippen LogP contribution in [0.2, 0.25) is 0 Å². The van der Waals surface area contributed by atoms with Crippen LogP contribution < -0.4 is 4.74 Å². The average Bonchev–Trinajstić information content (AvgIpc) is 2.87. The lowest BCUT2D eigenvalue weighted by Crippen LogP contribution is -2.13. The van der Waals surface area contributed by atoms with Gasteiger partial charge in [-0.2, -0.15) is 0 Å². The number of carbonyl (C=O) groups is 2. The van der Waals surface area contributed by atoms with Crippen LogP contribution in [0.5, 0.6) is 5.75 Å². The summed E-state index contributed by atoms with van der Waals surface area (Å²) >= 11 is 0. The van der Waals surface area contributed by atoms with Gasteiger partial charge in [0.25, 0.3) is 5.78 Å². The highest BCUT2D eigenvalue weighted by atomic mass is 16.5. The molecule has 0 atom stereocenters. The molecule has 0 aliphatic carbocycles. The zero-order valence-corrected chi connectivity index (χ0v) is 11.3. The Bertz CT molecular complexity index is 860. The molecule has 0 saturated heterocycles. The summed E-state index contributed by atoms with van der Waals surface area (Å²) in [6, 6.07) is 10.2. The first-order chi connectivity index (χ1) is 10.1. The summed E-state index contributed by atoms with van der Waals surface area (Å²) in [5, 5.41) is 10.1. The average molecular weight is 284 g/mol. The molecule has 0 fully saturated rings. The van der Waals surface area contributed by atoms with Crippen LogP contribution in [0, 0.1) is 0 Å². The molecule has 3 aromatic rings. The second-order valence-electron chi connectivity index (χ2n) is 4.48. The molecule has 0 saturated carbocycles. The van der Waals surface area contributed by atoms with Gasteiger partial charge in [-0.25, -0.2) is 4.79 Å². The normalized spacial score (nSPS) is 10.9. The molecule has 5 nitrogen and oxygen atoms in total. The maximum atomic E-state index is 11.9. The lowest BCUT2D eigenvalue weighted by Gasteiger charge is -2.05. The predicted octanol–water partition coefficient (Wildman–Crippen LogP) is 3.25. The van der Waals surface area contributed by atoms with E-state index in [9.17, 15) is 9.59 Å². The van der Waals surface area contributed by atoms with Gasteiger partial charge in [-0.05, 0) is 25.1 Å². The molecule has 0 spiro atoms. The van der Waals surface area contributed by atoms with Crippen molar-refractivity contribution in [3.05, 3.63) is 42.0 Å². The third-order valence-electron chi connectivity index (χ3n) is 3.23. The highest BCUT2D eigenvalue weighted by Gasteiger charge is 2.23. The fourth-order valence-corrected chi connectivity index (χ4v) is 2.38. The highest BCUT2D eigenvalue weighted by molar-refractivity contribution is 6.43. The van der Waals surface area contributed by atoms with Gasteiger partial charge in [0.2, 0.25) is 0 Å². The molecule has 0 amide bonds. The standard InChI is InChI=1S/C16H12O5/c1-2-20-12-8-7-10(14(17)16(18)19)13-9-5-3-4-6-11(9)21-15(12)13/h3-8H,2H2,1H3,(H,18,19). The van der Waals surface area contributed by atoms with E-state index in [-0.39, 0.29) is 5.56 Å². The maximum absolute atomic E-state index is 11.9. The second-order valence-corrected chi connectivity index (χ2v) is 4.48. The van der Waals surface area contributed by atoms with Gasteiger partial charge in [0.05, 0.1) is 6.61 Å². The topological polar surface area (TPSA) is 76.7 Å². The van der Waals surface area contributed by atoms with Crippen LogP contribution in [-0.2, 0) is 4.79 Å². The van der Waals surface area contributed by atoms with E-state index in [4.69, 9.17) is 14.3 Å². The molecule has 0 aliphatic rings. The first-order valence-electron chi connectivity index (χ1n) is 6.48. The highest BCUT2D eigenvalue weighted by Crippen LogP contribution is 2.37. The first-order valence-corrected chi connectivity index (χ1v) is 6.48. The Balaban J connectivity index is 2.42. The van der Waals surface area contributed by atoms with E-state index in [1.54, 1.807) is 24.3 Å². The Morgan fingerprint density at radius 2 is 1.95 bits per heavy atom. The van der Waals surface area contributed by atoms with Gasteiger partial charge in [0.1, 0.15) is 5.58 Å². The van der Waals surface area contributed by atoms with E-state index in [0.717, 1.165) is 0 Å². The van der Waals surface area contributed by atoms with Crippen molar-refractivity contribution in [2.45, 2.75) is 6.92 Å². The van der Waals surface area contributed by atoms with Crippen molar-refractivity contribution < 1.29 is 23.8 Å². The van der Waals surface area contributed by atoms with Gasteiger partial charge in [-0.3, -0.25) is 4.79 Å². The number of para-hydroxylation sites is 1. The van der Waals surface area contributed by atoms with Gasteiger partial charge in [-0.1, -0.05) is 18.2 Å². The third-order valence-corrected chi connectivity index (χ3v) is 3.23. The number of benzene rings is 2. The van der Waals surface area contributed by atoms with E-state index >= 15 is 0 Å². The van der Waals surface area contributed by atoms with Crippen LogP contribution in [-0.4, -0.2) is 23.5 Å². The Morgan fingerprint density at radius 1 is 1.19 bits per heavy atom. The van der Waals surface area contributed by atoms with Gasteiger partial charge in [-0.15, -0.1) is 0 Å². The fourth-order valence-electron chi connectivity index (χ4n) is 2.38. The molecule has 5 heteroatoms.